The van der Waals surface area contributed by atoms with Crippen LogP contribution in [0.15, 0.2) is 0 Å². The number of carboxylic acid groups (broad SMARTS) is 1. The maximum Gasteiger partial charge on any atom is 0.306 e. The van der Waals surface area contributed by atoms with Gasteiger partial charge in [-0.15, -0.1) is 0 Å². The van der Waals surface area contributed by atoms with Crippen molar-refractivity contribution in [2.24, 2.45) is 5.92 Å². The van der Waals surface area contributed by atoms with Crippen LogP contribution in [0.2, 0.25) is 0 Å². The number of hydrogen-bond acceptors (Lipinski definition) is 4. The Morgan fingerprint density at radius 1 is 1.29 bits per heavy atom. The van der Waals surface area contributed by atoms with Gasteiger partial charge in [0.15, 0.2) is 0 Å². The summed E-state index contributed by atoms with van der Waals surface area (Å²) in [4.78, 5) is 24.2. The third kappa shape index (κ3) is 3.17. The van der Waals surface area contributed by atoms with Gasteiger partial charge < -0.3 is 19.5 Å². The summed E-state index contributed by atoms with van der Waals surface area (Å²) in [5, 5.41) is 8.84. The zero-order valence-electron chi connectivity index (χ0n) is 9.63. The first kappa shape index (κ1) is 12.3. The highest BCUT2D eigenvalue weighted by Crippen LogP contribution is 2.17. The van der Waals surface area contributed by atoms with Gasteiger partial charge in [-0.2, -0.15) is 0 Å². The van der Waals surface area contributed by atoms with E-state index in [2.05, 4.69) is 0 Å². The summed E-state index contributed by atoms with van der Waals surface area (Å²) in [6.07, 6.45) is 1.12. The summed E-state index contributed by atoms with van der Waals surface area (Å²) in [6, 6.07) is 0. The molecule has 2 aliphatic heterocycles. The summed E-state index contributed by atoms with van der Waals surface area (Å²) in [5.74, 6) is -1.12. The Kier molecular flexibility index (Phi) is 3.96. The van der Waals surface area contributed by atoms with Crippen LogP contribution in [0.4, 0.5) is 0 Å². The van der Waals surface area contributed by atoms with Gasteiger partial charge in [-0.3, -0.25) is 9.59 Å². The molecule has 0 aromatic rings. The fourth-order valence-corrected chi connectivity index (χ4v) is 1.97. The summed E-state index contributed by atoms with van der Waals surface area (Å²) in [5.41, 5.74) is 0. The molecule has 2 aliphatic rings. The molecule has 0 aromatic heterocycles. The Balaban J connectivity index is 1.68. The molecule has 0 saturated carbocycles. The minimum atomic E-state index is -0.764. The van der Waals surface area contributed by atoms with Gasteiger partial charge in [-0.25, -0.2) is 0 Å². The van der Waals surface area contributed by atoms with E-state index >= 15 is 0 Å². The lowest BCUT2D eigenvalue weighted by molar-refractivity contribution is -0.158. The predicted octanol–water partition coefficient (Wildman–Crippen LogP) is -0.275. The topological polar surface area (TPSA) is 76.1 Å². The summed E-state index contributed by atoms with van der Waals surface area (Å²) in [6.45, 7) is 2.23. The molecule has 0 aromatic carbocycles. The van der Waals surface area contributed by atoms with E-state index in [1.807, 2.05) is 0 Å². The van der Waals surface area contributed by atoms with E-state index in [0.29, 0.717) is 39.1 Å². The third-order valence-electron chi connectivity index (χ3n) is 3.25. The Hall–Kier alpha value is -1.14. The summed E-state index contributed by atoms with van der Waals surface area (Å²) >= 11 is 0. The Morgan fingerprint density at radius 3 is 2.41 bits per heavy atom. The van der Waals surface area contributed by atoms with E-state index in [9.17, 15) is 9.59 Å². The van der Waals surface area contributed by atoms with E-state index in [1.54, 1.807) is 4.90 Å². The number of carbonyl (C=O) groups is 2. The van der Waals surface area contributed by atoms with Gasteiger partial charge in [0.25, 0.3) is 0 Å². The van der Waals surface area contributed by atoms with Crippen molar-refractivity contribution in [2.75, 3.05) is 32.9 Å². The Morgan fingerprint density at radius 2 is 1.94 bits per heavy atom. The van der Waals surface area contributed by atoms with Crippen molar-refractivity contribution in [1.82, 2.24) is 4.90 Å². The lowest BCUT2D eigenvalue weighted by atomic mass is 9.97. The summed E-state index contributed by atoms with van der Waals surface area (Å²) < 4.78 is 10.3. The van der Waals surface area contributed by atoms with Crippen LogP contribution in [0.25, 0.3) is 0 Å². The van der Waals surface area contributed by atoms with Crippen molar-refractivity contribution in [3.8, 4) is 0 Å². The molecule has 2 fully saturated rings. The van der Waals surface area contributed by atoms with Crippen LogP contribution in [0, 0.1) is 5.92 Å². The summed E-state index contributed by atoms with van der Waals surface area (Å²) in [7, 11) is 0. The number of carboxylic acids is 1. The number of amides is 1. The molecule has 2 heterocycles. The highest BCUT2D eigenvalue weighted by molar-refractivity contribution is 5.78. The van der Waals surface area contributed by atoms with Crippen molar-refractivity contribution >= 4 is 11.9 Å². The first-order valence-corrected chi connectivity index (χ1v) is 5.86. The Labute approximate surface area is 99.5 Å². The minimum absolute atomic E-state index is 0.0514. The highest BCUT2D eigenvalue weighted by Gasteiger charge is 2.28. The molecule has 2 saturated heterocycles. The van der Waals surface area contributed by atoms with Gasteiger partial charge in [0.05, 0.1) is 19.1 Å². The Bertz CT molecular complexity index is 294. The van der Waals surface area contributed by atoms with E-state index in [-0.39, 0.29) is 24.5 Å². The molecule has 17 heavy (non-hydrogen) atoms. The van der Waals surface area contributed by atoms with Crippen LogP contribution in [0.5, 0.6) is 0 Å². The van der Waals surface area contributed by atoms with Crippen LogP contribution in [-0.2, 0) is 19.1 Å². The molecule has 96 valence electrons. The van der Waals surface area contributed by atoms with Gasteiger partial charge in [-0.1, -0.05) is 0 Å². The number of nitrogens with zero attached hydrogens (tertiary/aromatic N) is 1. The second kappa shape index (κ2) is 5.46. The number of hydrogen-bond donors (Lipinski definition) is 1. The van der Waals surface area contributed by atoms with E-state index < -0.39 is 5.97 Å². The number of piperidine rings is 1. The molecular weight excluding hydrogens is 226 g/mol. The molecule has 0 bridgehead atoms. The van der Waals surface area contributed by atoms with E-state index in [0.717, 1.165) is 0 Å². The van der Waals surface area contributed by atoms with Gasteiger partial charge >= 0.3 is 5.97 Å². The number of rotatable bonds is 4. The number of ether oxygens (including phenoxy) is 2. The zero-order chi connectivity index (χ0) is 12.3. The maximum absolute atomic E-state index is 11.7. The average molecular weight is 243 g/mol. The molecule has 0 spiro atoms. The van der Waals surface area contributed by atoms with Gasteiger partial charge in [0.2, 0.25) is 5.91 Å². The van der Waals surface area contributed by atoms with Crippen LogP contribution in [0.3, 0.4) is 0 Å². The van der Waals surface area contributed by atoms with Gasteiger partial charge in [0.1, 0.15) is 12.7 Å². The van der Waals surface area contributed by atoms with Gasteiger partial charge in [0, 0.05) is 13.1 Å². The lowest BCUT2D eigenvalue weighted by Crippen LogP contribution is -2.44. The lowest BCUT2D eigenvalue weighted by Gasteiger charge is -2.31. The molecule has 1 N–H and O–H groups in total. The quantitative estimate of drug-likeness (QED) is 0.735. The third-order valence-corrected chi connectivity index (χ3v) is 3.25. The first-order valence-electron chi connectivity index (χ1n) is 5.86. The van der Waals surface area contributed by atoms with Crippen LogP contribution >= 0.6 is 0 Å². The molecule has 0 aliphatic carbocycles. The zero-order valence-corrected chi connectivity index (χ0v) is 9.63. The molecule has 2 rings (SSSR count). The average Bonchev–Trinajstić information content (AvgIpc) is 2.27. The van der Waals surface area contributed by atoms with Crippen molar-refractivity contribution in [2.45, 2.75) is 18.9 Å². The molecular formula is C11H17NO5. The van der Waals surface area contributed by atoms with Crippen LogP contribution in [-0.4, -0.2) is 60.9 Å². The van der Waals surface area contributed by atoms with Gasteiger partial charge in [-0.05, 0) is 12.8 Å². The first-order chi connectivity index (χ1) is 8.16. The molecule has 6 heteroatoms. The molecule has 0 radical (unpaired) electrons. The predicted molar refractivity (Wildman–Crippen MR) is 57.5 cm³/mol. The SMILES string of the molecule is O=C(O)C1CCN(C(=O)COC2COC2)CC1. The van der Waals surface area contributed by atoms with Crippen molar-refractivity contribution in [3.05, 3.63) is 0 Å². The second-order valence-electron chi connectivity index (χ2n) is 4.46. The minimum Gasteiger partial charge on any atom is -0.481 e. The molecule has 0 atom stereocenters. The van der Waals surface area contributed by atoms with Crippen molar-refractivity contribution in [1.29, 1.82) is 0 Å². The fourth-order valence-electron chi connectivity index (χ4n) is 1.97. The molecule has 1 amide bonds. The largest absolute Gasteiger partial charge is 0.481 e. The number of likely N-dealkylation sites (tertiary alicyclic amines) is 1. The highest BCUT2D eigenvalue weighted by atomic mass is 16.6. The van der Waals surface area contributed by atoms with E-state index in [1.165, 1.54) is 0 Å². The number of carbonyl (C=O) groups excluding carboxylic acids is 1. The van der Waals surface area contributed by atoms with Crippen molar-refractivity contribution in [3.63, 3.8) is 0 Å². The number of aliphatic carboxylic acids is 1. The maximum atomic E-state index is 11.7. The monoisotopic (exact) mass is 243 g/mol. The van der Waals surface area contributed by atoms with E-state index in [4.69, 9.17) is 14.6 Å². The normalized spacial score (nSPS) is 22.2. The fraction of sp³-hybridized carbons (Fsp3) is 0.818. The molecule has 0 unspecified atom stereocenters. The van der Waals surface area contributed by atoms with Crippen LogP contribution in [0.1, 0.15) is 12.8 Å². The van der Waals surface area contributed by atoms with Crippen molar-refractivity contribution < 1.29 is 24.2 Å². The second-order valence-corrected chi connectivity index (χ2v) is 4.46. The van der Waals surface area contributed by atoms with Crippen LogP contribution < -0.4 is 0 Å². The molecule has 6 nitrogen and oxygen atoms in total. The standard InChI is InChI=1S/C11H17NO5/c13-10(7-17-9-5-16-6-9)12-3-1-8(2-4-12)11(14)15/h8-9H,1-7H2,(H,14,15). The smallest absolute Gasteiger partial charge is 0.306 e.